The summed E-state index contributed by atoms with van der Waals surface area (Å²) in [5.41, 5.74) is 3.66. The summed E-state index contributed by atoms with van der Waals surface area (Å²) < 4.78 is 36.7. The van der Waals surface area contributed by atoms with E-state index in [9.17, 15) is 9.90 Å². The Morgan fingerprint density at radius 1 is 0.923 bits per heavy atom. The second-order valence-electron chi connectivity index (χ2n) is 9.26. The van der Waals surface area contributed by atoms with E-state index in [1.165, 1.54) is 0 Å². The normalized spacial score (nSPS) is 17.1. The fraction of sp³-hybridized carbons (Fsp3) is 0.276. The molecule has 1 aliphatic rings. The van der Waals surface area contributed by atoms with Crippen LogP contribution in [0.15, 0.2) is 60.2 Å². The van der Waals surface area contributed by atoms with Crippen LogP contribution >= 0.6 is 11.7 Å². The van der Waals surface area contributed by atoms with Crippen molar-refractivity contribution in [1.29, 1.82) is 0 Å². The Labute approximate surface area is 229 Å². The third kappa shape index (κ3) is 4.88. The number of esters is 1. The minimum atomic E-state index is -2.03. The van der Waals surface area contributed by atoms with Gasteiger partial charge in [0.1, 0.15) is 16.8 Å². The van der Waals surface area contributed by atoms with E-state index in [1.807, 2.05) is 13.8 Å². The first-order chi connectivity index (χ1) is 18.8. The van der Waals surface area contributed by atoms with Crippen molar-refractivity contribution < 1.29 is 33.6 Å². The predicted molar refractivity (Wildman–Crippen MR) is 146 cm³/mol. The third-order valence-corrected chi connectivity index (χ3v) is 6.99. The molecule has 4 aromatic rings. The first kappa shape index (κ1) is 26.5. The van der Waals surface area contributed by atoms with Crippen LogP contribution in [-0.4, -0.2) is 47.3 Å². The van der Waals surface area contributed by atoms with Crippen molar-refractivity contribution >= 4 is 34.3 Å². The fourth-order valence-corrected chi connectivity index (χ4v) is 5.14. The number of fused-ring (bicyclic) bond motifs is 1. The number of aromatic nitrogens is 2. The SMILES string of the molecule is COc1ccc(C2(O)OC(=O)C(c3ccc4nsnc4c3)=C2Cc2cc(OC)c(OC(C)C)c(OC)c2)cc1. The van der Waals surface area contributed by atoms with E-state index in [1.54, 1.807) is 75.9 Å². The summed E-state index contributed by atoms with van der Waals surface area (Å²) in [6.07, 6.45) is 0.0372. The van der Waals surface area contributed by atoms with Gasteiger partial charge in [-0.3, -0.25) is 0 Å². The summed E-state index contributed by atoms with van der Waals surface area (Å²) in [4.78, 5) is 13.4. The van der Waals surface area contributed by atoms with Gasteiger partial charge in [0, 0.05) is 17.6 Å². The molecule has 0 aliphatic carbocycles. The van der Waals surface area contributed by atoms with Crippen LogP contribution in [0.5, 0.6) is 23.0 Å². The zero-order chi connectivity index (χ0) is 27.7. The molecule has 0 amide bonds. The van der Waals surface area contributed by atoms with Gasteiger partial charge in [-0.2, -0.15) is 8.75 Å². The van der Waals surface area contributed by atoms with E-state index in [2.05, 4.69) is 8.75 Å². The summed E-state index contributed by atoms with van der Waals surface area (Å²) in [6, 6.07) is 15.7. The number of cyclic esters (lactones) is 1. The smallest absolute Gasteiger partial charge is 0.342 e. The summed E-state index contributed by atoms with van der Waals surface area (Å²) in [7, 11) is 4.65. The van der Waals surface area contributed by atoms with Crippen LogP contribution in [-0.2, 0) is 21.7 Å². The molecule has 2 heterocycles. The number of rotatable bonds is 9. The average Bonchev–Trinajstić information content (AvgIpc) is 3.50. The van der Waals surface area contributed by atoms with Crippen molar-refractivity contribution in [1.82, 2.24) is 8.75 Å². The molecule has 0 saturated carbocycles. The quantitative estimate of drug-likeness (QED) is 0.292. The van der Waals surface area contributed by atoms with E-state index in [0.29, 0.717) is 50.8 Å². The number of hydrogen-bond donors (Lipinski definition) is 1. The molecule has 10 heteroatoms. The Hall–Kier alpha value is -4.15. The zero-order valence-electron chi connectivity index (χ0n) is 22.2. The van der Waals surface area contributed by atoms with E-state index in [0.717, 1.165) is 17.2 Å². The molecule has 0 fully saturated rings. The van der Waals surface area contributed by atoms with Crippen LogP contribution in [0.4, 0.5) is 0 Å². The Balaban J connectivity index is 1.69. The Kier molecular flexibility index (Phi) is 7.16. The lowest BCUT2D eigenvalue weighted by molar-refractivity contribution is -0.185. The summed E-state index contributed by atoms with van der Waals surface area (Å²) >= 11 is 1.09. The van der Waals surface area contributed by atoms with E-state index < -0.39 is 11.8 Å². The Morgan fingerprint density at radius 3 is 2.21 bits per heavy atom. The molecule has 0 radical (unpaired) electrons. The van der Waals surface area contributed by atoms with Gasteiger partial charge in [0.25, 0.3) is 5.79 Å². The molecule has 0 bridgehead atoms. The number of benzene rings is 3. The number of carbonyl (C=O) groups excluding carboxylic acids is 1. The molecule has 1 aromatic heterocycles. The van der Waals surface area contributed by atoms with Crippen LogP contribution in [0, 0.1) is 0 Å². The number of aliphatic hydroxyl groups is 1. The van der Waals surface area contributed by atoms with Crippen molar-refractivity contribution in [2.24, 2.45) is 0 Å². The van der Waals surface area contributed by atoms with Crippen LogP contribution in [0.25, 0.3) is 16.6 Å². The first-order valence-corrected chi connectivity index (χ1v) is 13.0. The molecule has 1 atom stereocenters. The van der Waals surface area contributed by atoms with Gasteiger partial charge in [-0.1, -0.05) is 6.07 Å². The second-order valence-corrected chi connectivity index (χ2v) is 9.78. The zero-order valence-corrected chi connectivity index (χ0v) is 23.0. The predicted octanol–water partition coefficient (Wildman–Crippen LogP) is 4.90. The number of nitrogens with zero attached hydrogens (tertiary/aromatic N) is 2. The molecule has 1 N–H and O–H groups in total. The van der Waals surface area contributed by atoms with Crippen LogP contribution in [0.3, 0.4) is 0 Å². The van der Waals surface area contributed by atoms with Crippen molar-refractivity contribution in [2.75, 3.05) is 21.3 Å². The lowest BCUT2D eigenvalue weighted by Gasteiger charge is -2.26. The lowest BCUT2D eigenvalue weighted by atomic mass is 9.88. The summed E-state index contributed by atoms with van der Waals surface area (Å²) in [5.74, 6) is -0.666. The van der Waals surface area contributed by atoms with E-state index in [4.69, 9.17) is 23.7 Å². The molecule has 39 heavy (non-hydrogen) atoms. The molecule has 1 aliphatic heterocycles. The Bertz CT molecular complexity index is 1540. The highest BCUT2D eigenvalue weighted by atomic mass is 32.1. The number of ether oxygens (including phenoxy) is 5. The van der Waals surface area contributed by atoms with Crippen molar-refractivity contribution in [3.8, 4) is 23.0 Å². The van der Waals surface area contributed by atoms with E-state index >= 15 is 0 Å². The van der Waals surface area contributed by atoms with Gasteiger partial charge in [0.2, 0.25) is 5.75 Å². The standard InChI is InChI=1S/C29H28N2O7S/c1-16(2)37-27-24(35-4)13-17(14-25(27)36-5)12-21-26(18-6-11-22-23(15-18)31-39-30-22)28(32)38-29(21,33)19-7-9-20(34-3)10-8-19/h6-11,13-16,33H,12H2,1-5H3. The number of carbonyl (C=O) groups is 1. The van der Waals surface area contributed by atoms with Crippen molar-refractivity contribution in [2.45, 2.75) is 32.2 Å². The lowest BCUT2D eigenvalue weighted by Crippen LogP contribution is -2.29. The molecule has 0 saturated heterocycles. The minimum Gasteiger partial charge on any atom is -0.497 e. The summed E-state index contributed by atoms with van der Waals surface area (Å²) in [6.45, 7) is 3.82. The van der Waals surface area contributed by atoms with Crippen LogP contribution < -0.4 is 18.9 Å². The number of hydrogen-bond acceptors (Lipinski definition) is 10. The molecule has 3 aromatic carbocycles. The molecular weight excluding hydrogens is 520 g/mol. The molecule has 0 spiro atoms. The highest BCUT2D eigenvalue weighted by Gasteiger charge is 2.48. The highest BCUT2D eigenvalue weighted by molar-refractivity contribution is 7.00. The second kappa shape index (κ2) is 10.5. The average molecular weight is 549 g/mol. The monoisotopic (exact) mass is 548 g/mol. The van der Waals surface area contributed by atoms with Crippen molar-refractivity contribution in [3.05, 3.63) is 76.9 Å². The summed E-state index contributed by atoms with van der Waals surface area (Å²) in [5, 5.41) is 12.0. The van der Waals surface area contributed by atoms with Gasteiger partial charge in [0.05, 0.1) is 44.7 Å². The van der Waals surface area contributed by atoms with Gasteiger partial charge in [-0.25, -0.2) is 4.79 Å². The maximum atomic E-state index is 13.4. The van der Waals surface area contributed by atoms with Gasteiger partial charge in [0.15, 0.2) is 11.5 Å². The number of methoxy groups -OCH3 is 3. The largest absolute Gasteiger partial charge is 0.497 e. The molecule has 5 rings (SSSR count). The van der Waals surface area contributed by atoms with Gasteiger partial charge < -0.3 is 28.8 Å². The van der Waals surface area contributed by atoms with Gasteiger partial charge in [-0.05, 0) is 73.5 Å². The van der Waals surface area contributed by atoms with Crippen LogP contribution in [0.2, 0.25) is 0 Å². The topological polar surface area (TPSA) is 109 Å². The molecule has 9 nitrogen and oxygen atoms in total. The molecular formula is C29H28N2O7S. The maximum Gasteiger partial charge on any atom is 0.342 e. The van der Waals surface area contributed by atoms with Gasteiger partial charge >= 0.3 is 5.97 Å². The third-order valence-electron chi connectivity index (χ3n) is 6.43. The fourth-order valence-electron chi connectivity index (χ4n) is 4.62. The molecule has 202 valence electrons. The van der Waals surface area contributed by atoms with Crippen molar-refractivity contribution in [3.63, 3.8) is 0 Å². The van der Waals surface area contributed by atoms with E-state index in [-0.39, 0.29) is 18.1 Å². The van der Waals surface area contributed by atoms with Crippen LogP contribution in [0.1, 0.15) is 30.5 Å². The first-order valence-electron chi connectivity index (χ1n) is 12.3. The maximum absolute atomic E-state index is 13.4. The molecule has 1 unspecified atom stereocenters. The minimum absolute atomic E-state index is 0.107. The highest BCUT2D eigenvalue weighted by Crippen LogP contribution is 2.47. The Morgan fingerprint density at radius 2 is 1.59 bits per heavy atom. The van der Waals surface area contributed by atoms with Gasteiger partial charge in [-0.15, -0.1) is 0 Å².